The molecule has 19 heavy (non-hydrogen) atoms. The predicted octanol–water partition coefficient (Wildman–Crippen LogP) is 4.50. The zero-order chi connectivity index (χ0) is 13.8. The topological polar surface area (TPSA) is 24.9 Å². The van der Waals surface area contributed by atoms with Crippen LogP contribution in [0.3, 0.4) is 0 Å². The summed E-state index contributed by atoms with van der Waals surface area (Å²) in [7, 11) is 0. The molecule has 0 saturated carbocycles. The third-order valence-electron chi connectivity index (χ3n) is 2.98. The van der Waals surface area contributed by atoms with Gasteiger partial charge in [-0.25, -0.2) is 0 Å². The van der Waals surface area contributed by atoms with E-state index in [2.05, 4.69) is 39.2 Å². The van der Waals surface area contributed by atoms with E-state index in [9.17, 15) is 0 Å². The Morgan fingerprint density at radius 1 is 1.32 bits per heavy atom. The smallest absolute Gasteiger partial charge is 0.0751 e. The zero-order valence-electron chi connectivity index (χ0n) is 11.0. The zero-order valence-corrected chi connectivity index (χ0v) is 13.3. The van der Waals surface area contributed by atoms with Gasteiger partial charge in [0.1, 0.15) is 0 Å². The lowest BCUT2D eigenvalue weighted by atomic mass is 10.0. The number of rotatable bonds is 4. The van der Waals surface area contributed by atoms with Gasteiger partial charge in [0, 0.05) is 15.7 Å². The summed E-state index contributed by atoms with van der Waals surface area (Å²) in [5, 5.41) is 4.23. The minimum atomic E-state index is 0.0659. The number of hydrogen-bond donors (Lipinski definition) is 1. The number of benzene rings is 1. The van der Waals surface area contributed by atoms with Crippen molar-refractivity contribution in [1.29, 1.82) is 0 Å². The second-order valence-electron chi connectivity index (χ2n) is 4.40. The molecule has 1 heterocycles. The fourth-order valence-electron chi connectivity index (χ4n) is 1.94. The van der Waals surface area contributed by atoms with Gasteiger partial charge >= 0.3 is 0 Å². The molecule has 0 aliphatic heterocycles. The first-order valence-electron chi connectivity index (χ1n) is 6.22. The van der Waals surface area contributed by atoms with Gasteiger partial charge in [0.2, 0.25) is 0 Å². The number of nitrogens with one attached hydrogen (secondary N) is 1. The number of pyridine rings is 1. The summed E-state index contributed by atoms with van der Waals surface area (Å²) in [5.74, 6) is 0. The van der Waals surface area contributed by atoms with E-state index >= 15 is 0 Å². The maximum Gasteiger partial charge on any atom is 0.0751 e. The van der Waals surface area contributed by atoms with Crippen LogP contribution in [0.4, 0.5) is 0 Å². The molecule has 1 aromatic heterocycles. The van der Waals surface area contributed by atoms with Gasteiger partial charge in [-0.1, -0.05) is 30.7 Å². The lowest BCUT2D eigenvalue weighted by Crippen LogP contribution is -2.22. The highest BCUT2D eigenvalue weighted by Crippen LogP contribution is 2.25. The third kappa shape index (κ3) is 3.56. The number of aryl methyl sites for hydroxylation is 1. The van der Waals surface area contributed by atoms with Crippen molar-refractivity contribution in [3.63, 3.8) is 0 Å². The Morgan fingerprint density at radius 3 is 2.68 bits per heavy atom. The quantitative estimate of drug-likeness (QED) is 0.887. The first-order chi connectivity index (χ1) is 9.11. The Balaban J connectivity index is 2.38. The fraction of sp³-hybridized carbons (Fsp3) is 0.267. The van der Waals surface area contributed by atoms with Crippen LogP contribution in [0, 0.1) is 6.92 Å². The maximum absolute atomic E-state index is 6.22. The SMILES string of the molecule is CCNC(c1ccc(C)c(Cl)c1)c1ccc(Br)cn1. The van der Waals surface area contributed by atoms with Crippen molar-refractivity contribution in [3.8, 4) is 0 Å². The average Bonchev–Trinajstić information content (AvgIpc) is 2.41. The molecule has 2 aromatic rings. The van der Waals surface area contributed by atoms with Gasteiger partial charge in [-0.05, 0) is 58.7 Å². The summed E-state index contributed by atoms with van der Waals surface area (Å²) in [6.07, 6.45) is 1.81. The van der Waals surface area contributed by atoms with Crippen molar-refractivity contribution >= 4 is 27.5 Å². The van der Waals surface area contributed by atoms with Crippen molar-refractivity contribution in [2.24, 2.45) is 0 Å². The number of hydrogen-bond acceptors (Lipinski definition) is 2. The number of nitrogens with zero attached hydrogens (tertiary/aromatic N) is 1. The van der Waals surface area contributed by atoms with Crippen LogP contribution in [0.2, 0.25) is 5.02 Å². The van der Waals surface area contributed by atoms with E-state index in [0.717, 1.165) is 32.9 Å². The van der Waals surface area contributed by atoms with Crippen molar-refractivity contribution in [1.82, 2.24) is 10.3 Å². The second kappa shape index (κ2) is 6.51. The minimum absolute atomic E-state index is 0.0659. The van der Waals surface area contributed by atoms with Crippen LogP contribution in [0.5, 0.6) is 0 Å². The average molecular weight is 340 g/mol. The van der Waals surface area contributed by atoms with Gasteiger partial charge in [-0.15, -0.1) is 0 Å². The van der Waals surface area contributed by atoms with E-state index in [1.54, 1.807) is 0 Å². The van der Waals surface area contributed by atoms with Crippen LogP contribution < -0.4 is 5.32 Å². The number of aromatic nitrogens is 1. The third-order valence-corrected chi connectivity index (χ3v) is 3.86. The van der Waals surface area contributed by atoms with E-state index < -0.39 is 0 Å². The summed E-state index contributed by atoms with van der Waals surface area (Å²) in [6.45, 7) is 4.96. The van der Waals surface area contributed by atoms with Gasteiger partial charge < -0.3 is 5.32 Å². The first-order valence-corrected chi connectivity index (χ1v) is 7.39. The second-order valence-corrected chi connectivity index (χ2v) is 5.72. The Labute approximate surface area is 127 Å². The maximum atomic E-state index is 6.22. The minimum Gasteiger partial charge on any atom is -0.305 e. The van der Waals surface area contributed by atoms with Crippen LogP contribution >= 0.6 is 27.5 Å². The van der Waals surface area contributed by atoms with E-state index in [0.29, 0.717) is 0 Å². The van der Waals surface area contributed by atoms with Crippen molar-refractivity contribution in [3.05, 3.63) is 62.8 Å². The van der Waals surface area contributed by atoms with Crippen molar-refractivity contribution < 1.29 is 0 Å². The molecular formula is C15H16BrClN2. The Morgan fingerprint density at radius 2 is 2.11 bits per heavy atom. The van der Waals surface area contributed by atoms with Crippen LogP contribution in [-0.4, -0.2) is 11.5 Å². The molecule has 0 bridgehead atoms. The van der Waals surface area contributed by atoms with E-state index in [1.807, 2.05) is 37.4 Å². The molecule has 0 spiro atoms. The molecule has 100 valence electrons. The molecule has 0 amide bonds. The Kier molecular flexibility index (Phi) is 4.97. The van der Waals surface area contributed by atoms with Crippen molar-refractivity contribution in [2.75, 3.05) is 6.54 Å². The molecule has 1 N–H and O–H groups in total. The van der Waals surface area contributed by atoms with Gasteiger partial charge in [-0.3, -0.25) is 4.98 Å². The summed E-state index contributed by atoms with van der Waals surface area (Å²) < 4.78 is 0.980. The lowest BCUT2D eigenvalue weighted by Gasteiger charge is -2.18. The van der Waals surface area contributed by atoms with Crippen molar-refractivity contribution in [2.45, 2.75) is 19.9 Å². The van der Waals surface area contributed by atoms with Crippen LogP contribution in [0.1, 0.15) is 29.8 Å². The predicted molar refractivity (Wildman–Crippen MR) is 83.6 cm³/mol. The molecule has 0 aliphatic rings. The van der Waals surface area contributed by atoms with Crippen LogP contribution in [0.15, 0.2) is 41.0 Å². The Hall–Kier alpha value is -0.900. The van der Waals surface area contributed by atoms with E-state index in [4.69, 9.17) is 11.6 Å². The normalized spacial score (nSPS) is 12.4. The molecule has 0 fully saturated rings. The summed E-state index contributed by atoms with van der Waals surface area (Å²) in [4.78, 5) is 4.47. The molecular weight excluding hydrogens is 324 g/mol. The summed E-state index contributed by atoms with van der Waals surface area (Å²) in [6, 6.07) is 10.2. The molecule has 0 saturated heterocycles. The molecule has 0 aliphatic carbocycles. The standard InChI is InChI=1S/C15H16BrClN2/c1-3-18-15(14-7-6-12(16)9-19-14)11-5-4-10(2)13(17)8-11/h4-9,15,18H,3H2,1-2H3. The van der Waals surface area contributed by atoms with E-state index in [1.165, 1.54) is 0 Å². The molecule has 0 radical (unpaired) electrons. The first kappa shape index (κ1) is 14.5. The Bertz CT molecular complexity index is 555. The highest BCUT2D eigenvalue weighted by Gasteiger charge is 2.15. The molecule has 1 unspecified atom stereocenters. The summed E-state index contributed by atoms with van der Waals surface area (Å²) >= 11 is 9.62. The highest BCUT2D eigenvalue weighted by molar-refractivity contribution is 9.10. The van der Waals surface area contributed by atoms with Gasteiger partial charge in [0.05, 0.1) is 11.7 Å². The highest BCUT2D eigenvalue weighted by atomic mass is 79.9. The fourth-order valence-corrected chi connectivity index (χ4v) is 2.37. The largest absolute Gasteiger partial charge is 0.305 e. The number of halogens is 2. The molecule has 4 heteroatoms. The van der Waals surface area contributed by atoms with Gasteiger partial charge in [0.15, 0.2) is 0 Å². The molecule has 1 atom stereocenters. The lowest BCUT2D eigenvalue weighted by molar-refractivity contribution is 0.615. The van der Waals surface area contributed by atoms with E-state index in [-0.39, 0.29) is 6.04 Å². The van der Waals surface area contributed by atoms with Gasteiger partial charge in [-0.2, -0.15) is 0 Å². The van der Waals surface area contributed by atoms with Crippen LogP contribution in [0.25, 0.3) is 0 Å². The molecule has 2 rings (SSSR count). The monoisotopic (exact) mass is 338 g/mol. The molecule has 2 nitrogen and oxygen atoms in total. The van der Waals surface area contributed by atoms with Crippen LogP contribution in [-0.2, 0) is 0 Å². The summed E-state index contributed by atoms with van der Waals surface area (Å²) in [5.41, 5.74) is 3.21. The molecule has 1 aromatic carbocycles. The van der Waals surface area contributed by atoms with Gasteiger partial charge in [0.25, 0.3) is 0 Å².